The lowest BCUT2D eigenvalue weighted by atomic mass is 10.0. The highest BCUT2D eigenvalue weighted by molar-refractivity contribution is 7.99. The van der Waals surface area contributed by atoms with Crippen LogP contribution in [-0.4, -0.2) is 12.3 Å². The third-order valence-electron chi connectivity index (χ3n) is 3.57. The van der Waals surface area contributed by atoms with E-state index in [0.717, 1.165) is 6.54 Å². The van der Waals surface area contributed by atoms with Gasteiger partial charge in [0, 0.05) is 12.3 Å². The van der Waals surface area contributed by atoms with E-state index in [9.17, 15) is 0 Å². The van der Waals surface area contributed by atoms with E-state index in [0.29, 0.717) is 5.37 Å². The molecule has 2 rings (SSSR count). The molecular formula is C16H25NS. The molecule has 1 unspecified atom stereocenters. The van der Waals surface area contributed by atoms with Gasteiger partial charge in [-0.2, -0.15) is 0 Å². The second-order valence-corrected chi connectivity index (χ2v) is 6.32. The lowest BCUT2D eigenvalue weighted by Gasteiger charge is -2.10. The summed E-state index contributed by atoms with van der Waals surface area (Å²) in [5, 5.41) is 4.05. The maximum absolute atomic E-state index is 3.52. The quantitative estimate of drug-likeness (QED) is 0.725. The molecule has 1 heterocycles. The summed E-state index contributed by atoms with van der Waals surface area (Å²) in [4.78, 5) is 0. The van der Waals surface area contributed by atoms with E-state index in [1.165, 1.54) is 55.4 Å². The third kappa shape index (κ3) is 4.33. The fraction of sp³-hybridized carbons (Fsp3) is 0.625. The van der Waals surface area contributed by atoms with Crippen LogP contribution in [0, 0.1) is 0 Å². The molecule has 1 aliphatic heterocycles. The molecule has 1 aliphatic rings. The van der Waals surface area contributed by atoms with E-state index in [1.54, 1.807) is 0 Å². The normalized spacial score (nSPS) is 19.3. The zero-order valence-corrected chi connectivity index (χ0v) is 12.3. The molecule has 1 N–H and O–H groups in total. The van der Waals surface area contributed by atoms with E-state index < -0.39 is 0 Å². The van der Waals surface area contributed by atoms with E-state index in [2.05, 4.69) is 36.5 Å². The summed E-state index contributed by atoms with van der Waals surface area (Å²) in [6.45, 7) is 3.42. The summed E-state index contributed by atoms with van der Waals surface area (Å²) in [7, 11) is 0. The monoisotopic (exact) mass is 263 g/mol. The number of hydrogen-bond acceptors (Lipinski definition) is 2. The first-order chi connectivity index (χ1) is 8.90. The standard InChI is InChI=1S/C16H25NS/c1-2-3-4-5-6-7-14-8-10-15(11-9-14)16-17-12-13-18-16/h8-11,16-17H,2-7,12-13H2,1H3. The summed E-state index contributed by atoms with van der Waals surface area (Å²) in [5.74, 6) is 1.24. The molecule has 1 atom stereocenters. The Bertz CT molecular complexity index is 327. The predicted octanol–water partition coefficient (Wildman–Crippen LogP) is 4.53. The number of benzene rings is 1. The van der Waals surface area contributed by atoms with Crippen LogP contribution in [0.1, 0.15) is 55.5 Å². The van der Waals surface area contributed by atoms with E-state index in [1.807, 2.05) is 11.8 Å². The zero-order chi connectivity index (χ0) is 12.6. The van der Waals surface area contributed by atoms with Crippen molar-refractivity contribution in [2.75, 3.05) is 12.3 Å². The highest BCUT2D eigenvalue weighted by Gasteiger charge is 2.15. The Balaban J connectivity index is 1.73. The second-order valence-electron chi connectivity index (χ2n) is 5.11. The first-order valence-electron chi connectivity index (χ1n) is 7.34. The molecule has 0 amide bonds. The summed E-state index contributed by atoms with van der Waals surface area (Å²) in [6, 6.07) is 9.24. The van der Waals surface area contributed by atoms with Gasteiger partial charge in [-0.25, -0.2) is 0 Å². The van der Waals surface area contributed by atoms with Gasteiger partial charge in [0.2, 0.25) is 0 Å². The number of hydrogen-bond donors (Lipinski definition) is 1. The van der Waals surface area contributed by atoms with Gasteiger partial charge in [0.15, 0.2) is 0 Å². The van der Waals surface area contributed by atoms with Gasteiger partial charge < -0.3 is 5.32 Å². The van der Waals surface area contributed by atoms with E-state index >= 15 is 0 Å². The summed E-state index contributed by atoms with van der Waals surface area (Å²) in [6.07, 6.45) is 8.10. The fourth-order valence-electron chi connectivity index (χ4n) is 2.43. The number of nitrogens with one attached hydrogen (secondary N) is 1. The van der Waals surface area contributed by atoms with Crippen molar-refractivity contribution >= 4 is 11.8 Å². The molecule has 1 aromatic carbocycles. The van der Waals surface area contributed by atoms with Crippen molar-refractivity contribution in [1.82, 2.24) is 5.32 Å². The molecule has 0 bridgehead atoms. The van der Waals surface area contributed by atoms with Crippen LogP contribution in [-0.2, 0) is 6.42 Å². The van der Waals surface area contributed by atoms with Crippen LogP contribution in [0.4, 0.5) is 0 Å². The average molecular weight is 263 g/mol. The zero-order valence-electron chi connectivity index (χ0n) is 11.5. The molecule has 0 spiro atoms. The first kappa shape index (κ1) is 14.0. The Morgan fingerprint density at radius 2 is 1.89 bits per heavy atom. The minimum absolute atomic E-state index is 0.531. The molecule has 0 saturated carbocycles. The van der Waals surface area contributed by atoms with Crippen LogP contribution in [0.5, 0.6) is 0 Å². The van der Waals surface area contributed by atoms with Gasteiger partial charge in [-0.1, -0.05) is 56.9 Å². The smallest absolute Gasteiger partial charge is 0.0790 e. The second kappa shape index (κ2) is 7.85. The summed E-state index contributed by atoms with van der Waals surface area (Å²) in [5.41, 5.74) is 2.94. The highest BCUT2D eigenvalue weighted by Crippen LogP contribution is 2.29. The molecule has 1 fully saturated rings. The third-order valence-corrected chi connectivity index (χ3v) is 4.78. The molecule has 100 valence electrons. The van der Waals surface area contributed by atoms with Crippen LogP contribution < -0.4 is 5.32 Å². The molecule has 1 saturated heterocycles. The van der Waals surface area contributed by atoms with Crippen molar-refractivity contribution in [3.63, 3.8) is 0 Å². The number of aryl methyl sites for hydroxylation is 1. The Morgan fingerprint density at radius 1 is 1.11 bits per heavy atom. The van der Waals surface area contributed by atoms with Crippen molar-refractivity contribution in [1.29, 1.82) is 0 Å². The molecule has 0 radical (unpaired) electrons. The topological polar surface area (TPSA) is 12.0 Å². The fourth-order valence-corrected chi connectivity index (χ4v) is 3.49. The SMILES string of the molecule is CCCCCCCc1ccc(C2NCCS2)cc1. The van der Waals surface area contributed by atoms with Gasteiger partial charge in [0.05, 0.1) is 5.37 Å². The predicted molar refractivity (Wildman–Crippen MR) is 82.1 cm³/mol. The van der Waals surface area contributed by atoms with E-state index in [4.69, 9.17) is 0 Å². The molecule has 1 nitrogen and oxygen atoms in total. The van der Waals surface area contributed by atoms with Gasteiger partial charge in [-0.15, -0.1) is 11.8 Å². The number of unbranched alkanes of at least 4 members (excludes halogenated alkanes) is 4. The van der Waals surface area contributed by atoms with Crippen LogP contribution in [0.3, 0.4) is 0 Å². The van der Waals surface area contributed by atoms with E-state index in [-0.39, 0.29) is 0 Å². The lowest BCUT2D eigenvalue weighted by molar-refractivity contribution is 0.632. The Morgan fingerprint density at radius 3 is 2.56 bits per heavy atom. The van der Waals surface area contributed by atoms with Crippen molar-refractivity contribution in [2.45, 2.75) is 50.8 Å². The van der Waals surface area contributed by atoms with Crippen LogP contribution in [0.2, 0.25) is 0 Å². The van der Waals surface area contributed by atoms with Crippen LogP contribution >= 0.6 is 11.8 Å². The minimum atomic E-state index is 0.531. The lowest BCUT2D eigenvalue weighted by Crippen LogP contribution is -2.11. The van der Waals surface area contributed by atoms with Gasteiger partial charge in [0.1, 0.15) is 0 Å². The largest absolute Gasteiger partial charge is 0.301 e. The van der Waals surface area contributed by atoms with Crippen molar-refractivity contribution in [3.05, 3.63) is 35.4 Å². The van der Waals surface area contributed by atoms with Gasteiger partial charge in [-0.3, -0.25) is 0 Å². The average Bonchev–Trinajstić information content (AvgIpc) is 2.93. The van der Waals surface area contributed by atoms with Crippen LogP contribution in [0.25, 0.3) is 0 Å². The Labute approximate surface area is 116 Å². The summed E-state index contributed by atoms with van der Waals surface area (Å²) >= 11 is 2.02. The van der Waals surface area contributed by atoms with Gasteiger partial charge in [0.25, 0.3) is 0 Å². The van der Waals surface area contributed by atoms with Crippen molar-refractivity contribution < 1.29 is 0 Å². The van der Waals surface area contributed by atoms with Crippen molar-refractivity contribution in [3.8, 4) is 0 Å². The van der Waals surface area contributed by atoms with Gasteiger partial charge >= 0.3 is 0 Å². The maximum Gasteiger partial charge on any atom is 0.0790 e. The highest BCUT2D eigenvalue weighted by atomic mass is 32.2. The molecule has 0 aromatic heterocycles. The summed E-state index contributed by atoms with van der Waals surface area (Å²) < 4.78 is 0. The molecule has 0 aliphatic carbocycles. The van der Waals surface area contributed by atoms with Crippen LogP contribution in [0.15, 0.2) is 24.3 Å². The van der Waals surface area contributed by atoms with Gasteiger partial charge in [-0.05, 0) is 24.0 Å². The maximum atomic E-state index is 3.52. The molecule has 1 aromatic rings. The van der Waals surface area contributed by atoms with Crippen molar-refractivity contribution in [2.24, 2.45) is 0 Å². The molecular weight excluding hydrogens is 238 g/mol. The molecule has 2 heteroatoms. The minimum Gasteiger partial charge on any atom is -0.301 e. The Hall–Kier alpha value is -0.470. The number of rotatable bonds is 7. The molecule has 18 heavy (non-hydrogen) atoms. The first-order valence-corrected chi connectivity index (χ1v) is 8.39. The number of thioether (sulfide) groups is 1. The Kier molecular flexibility index (Phi) is 6.09.